The zero-order valence-corrected chi connectivity index (χ0v) is 90.3. The first-order valence-corrected chi connectivity index (χ1v) is 48.7. The van der Waals surface area contributed by atoms with Crippen LogP contribution in [0.2, 0.25) is 0 Å². The Morgan fingerprint density at radius 2 is 1.19 bits per heavy atom. The largest absolute Gasteiger partial charge is 0.527 e. The molecule has 0 saturated carbocycles. The number of pyridine rings is 3. The van der Waals surface area contributed by atoms with Gasteiger partial charge in [0.2, 0.25) is 0 Å². The summed E-state index contributed by atoms with van der Waals surface area (Å²) in [6.45, 7) is 23.9. The molecule has 7 aliphatic rings. The van der Waals surface area contributed by atoms with Crippen LogP contribution < -0.4 is 24.4 Å². The number of aliphatic hydroxyl groups excluding tert-OH is 1. The van der Waals surface area contributed by atoms with Gasteiger partial charge in [-0.25, -0.2) is 4.57 Å². The molecule has 1 atom stereocenters. The van der Waals surface area contributed by atoms with Gasteiger partial charge < -0.3 is 44.2 Å². The van der Waals surface area contributed by atoms with Gasteiger partial charge in [0.15, 0.2) is 11.4 Å². The number of aliphatic hydroxyl groups is 1. The Kier molecular flexibility index (Phi) is 34.3. The maximum absolute atomic E-state index is 10.0. The summed E-state index contributed by atoms with van der Waals surface area (Å²) in [5.74, 6) is 3.62. The molecule has 2 N–H and O–H groups in total. The summed E-state index contributed by atoms with van der Waals surface area (Å²) < 4.78 is 16.6. The fourth-order valence-corrected chi connectivity index (χ4v) is 18.8. The molecule has 0 aliphatic carbocycles. The van der Waals surface area contributed by atoms with Gasteiger partial charge in [0.25, 0.3) is 5.82 Å². The zero-order valence-electron chi connectivity index (χ0n) is 83.1. The molecule has 0 bridgehead atoms. The number of hydrogen-bond acceptors (Lipinski definition) is 14. The SMILES string of the molecule is C=C1Oc2ccccc2[C-]=C1c1ccccn1.CC(=O)C=C(C)O.CC(C)N=Nc1c2c3c(cccc3c3ccccc13)CN2.CC(C)c1cccc(C(C)C)c1-n1cc[n+]2c1-c1ccccc1C2.CN1C=CN2c3c(ccc4c3oc3ccccc34)CC12.[Ir].[Ir].[Ir].[c-]1ccccc1-c1cc(-c2ccccc2)c2cc(-c3ccccc3)ccc2n1.[c-]1ccccc1-c1ccccn1.[c-]1ccccc1N1C=C2C=CC=CN2[CH-]1. The predicted octanol–water partition coefficient (Wildman–Crippen LogP) is 30.6. The number of ketones is 1. The fraction of sp³-hybridized carbons (Fsp3) is 0.125. The number of aromatic nitrogens is 5. The Morgan fingerprint density at radius 1 is 0.558 bits per heavy atom. The van der Waals surface area contributed by atoms with Gasteiger partial charge in [0.05, 0.1) is 45.8 Å². The van der Waals surface area contributed by atoms with Crippen molar-refractivity contribution in [1.29, 1.82) is 0 Å². The second-order valence-corrected chi connectivity index (χ2v) is 36.6. The number of likely N-dealkylation sites (N-methyl/N-ethyl adjacent to an activating group) is 1. The number of furan rings is 1. The van der Waals surface area contributed by atoms with Crippen LogP contribution in [-0.2, 0) is 84.6 Å². The summed E-state index contributed by atoms with van der Waals surface area (Å²) in [6.07, 6.45) is 28.5. The Morgan fingerprint density at radius 3 is 1.86 bits per heavy atom. The van der Waals surface area contributed by atoms with E-state index in [2.05, 4.69) is 345 Å². The van der Waals surface area contributed by atoms with Gasteiger partial charge in [-0.05, 0) is 156 Å². The number of ether oxygens (including phenoxy) is 1. The number of rotatable bonds is 12. The number of carbonyl (C=O) groups excluding carboxylic acids is 1. The van der Waals surface area contributed by atoms with Crippen LogP contribution >= 0.6 is 0 Å². The van der Waals surface area contributed by atoms with Crippen LogP contribution in [0.5, 0.6) is 5.75 Å². The first kappa shape index (κ1) is 104. The number of imidazole rings is 1. The molecule has 0 spiro atoms. The van der Waals surface area contributed by atoms with Gasteiger partial charge in [-0.3, -0.25) is 14.8 Å². The van der Waals surface area contributed by atoms with E-state index < -0.39 is 0 Å². The van der Waals surface area contributed by atoms with Crippen LogP contribution in [0, 0.1) is 30.9 Å². The molecule has 7 aliphatic heterocycles. The number of azo groups is 1. The summed E-state index contributed by atoms with van der Waals surface area (Å²) in [4.78, 5) is 32.2. The van der Waals surface area contributed by atoms with E-state index in [4.69, 9.17) is 19.2 Å². The number of benzene rings is 14. The van der Waals surface area contributed by atoms with Gasteiger partial charge in [-0.15, -0.1) is 96.3 Å². The topological polar surface area (TPSA) is 157 Å². The molecule has 19 heteroatoms. The van der Waals surface area contributed by atoms with Crippen molar-refractivity contribution in [3.05, 3.63) is 507 Å². The Hall–Kier alpha value is -15.7. The van der Waals surface area contributed by atoms with Crippen LogP contribution in [0.25, 0.3) is 122 Å². The molecule has 0 saturated heterocycles. The average Bonchev–Trinajstić information content (AvgIpc) is 1.56. The molecule has 1 unspecified atom stereocenters. The molecular formula is C128H110Ir3N12O4-4. The number of allylic oxidation sites excluding steroid dienone is 6. The quantitative estimate of drug-likeness (QED) is 0.0298. The Labute approximate surface area is 900 Å². The van der Waals surface area contributed by atoms with Crippen LogP contribution in [-0.4, -0.2) is 59.5 Å². The molecule has 19 aromatic rings. The predicted molar refractivity (Wildman–Crippen MR) is 587 cm³/mol. The van der Waals surface area contributed by atoms with Crippen LogP contribution in [0.4, 0.5) is 22.7 Å². The number of para-hydroxylation sites is 4. The standard InChI is InChI=1S/C27H18N.C22H25N2.C18H17N3.C17H14N2O.C15H10NO.C13H10N2.C11H8N.C5H8O2.3Ir/c1-4-10-20(11-5-1)23-16-17-26-25(18-23)24(21-12-6-2-7-13-21)19-27(28-26)22-14-8-3-9-15-22;1-15(2)18-10-7-11-19(16(3)4)21(18)24-13-12-23-14-17-8-5-6-9-20(17)22(23)24;1-11(2)20-21-17-15-8-4-3-7-13(15)14-9-5-6-12-10-19-18(17)16(12)14;1-18-8-9-19-15(18)10-11-6-7-13-12-4-2-3-5-14(12)20-17(13)16(11)19;1-11-13(14-7-4-5-9-16-14)10-12-6-2-3-8-15(12)17-11;1-2-6-12(7-3-1)15-10-13-8-4-5-9-14(13)11-15;1-2-6-10(7-3-1)11-8-4-5-9-12-11;1-4(6)3-5(2)7;;;/h1-14,16-19H;5-13,15-16H,14H2,1-4H3;3-9,11,19H,10H2,1-2H3;2-9,15H,10H2,1H3;2-9H,1H2;1-6,8-11H;1-6,8-9H;3,6H,1-2H3;;;/q-1;+1;;;-1;-2;-1;;;;. The number of hydrogen-bond donors (Lipinski definition) is 2. The first-order chi connectivity index (χ1) is 70.4. The molecule has 26 rings (SSSR count). The van der Waals surface area contributed by atoms with Crippen LogP contribution in [0.15, 0.2) is 452 Å². The van der Waals surface area contributed by atoms with E-state index in [1.54, 1.807) is 12.4 Å². The third-order valence-corrected chi connectivity index (χ3v) is 25.6. The van der Waals surface area contributed by atoms with Crippen molar-refractivity contribution in [2.24, 2.45) is 10.2 Å². The second kappa shape index (κ2) is 48.3. The normalized spacial score (nSPS) is 13.6. The molecule has 3 radical (unpaired) electrons. The molecule has 147 heavy (non-hydrogen) atoms. The van der Waals surface area contributed by atoms with Gasteiger partial charge in [0, 0.05) is 166 Å². The number of anilines is 3. The van der Waals surface area contributed by atoms with E-state index in [0.29, 0.717) is 23.8 Å². The van der Waals surface area contributed by atoms with Gasteiger partial charge in [-0.1, -0.05) is 276 Å². The molecule has 0 fully saturated rings. The Balaban J connectivity index is 0.000000122. The molecule has 16 nitrogen and oxygen atoms in total. The van der Waals surface area contributed by atoms with Crippen molar-refractivity contribution in [3.8, 4) is 67.6 Å². The summed E-state index contributed by atoms with van der Waals surface area (Å²) >= 11 is 0. The van der Waals surface area contributed by atoms with E-state index >= 15 is 0 Å². The number of nitrogens with one attached hydrogen (secondary N) is 1. The number of nitrogens with zero attached hydrogens (tertiary/aromatic N) is 11. The van der Waals surface area contributed by atoms with Crippen LogP contribution in [0.3, 0.4) is 0 Å². The van der Waals surface area contributed by atoms with Crippen molar-refractivity contribution in [1.82, 2.24) is 29.3 Å². The van der Waals surface area contributed by atoms with E-state index in [1.807, 2.05) is 191 Å². The summed E-state index contributed by atoms with van der Waals surface area (Å²) in [7, 11) is 2.13. The van der Waals surface area contributed by atoms with Gasteiger partial charge >= 0.3 is 0 Å². The second-order valence-electron chi connectivity index (χ2n) is 36.6. The number of carbonyl (C=O) groups is 1. The molecule has 5 aromatic heterocycles. The van der Waals surface area contributed by atoms with E-state index in [-0.39, 0.29) is 77.9 Å². The summed E-state index contributed by atoms with van der Waals surface area (Å²) in [6, 6.07) is 126. The molecule has 12 heterocycles. The van der Waals surface area contributed by atoms with E-state index in [9.17, 15) is 4.79 Å². The van der Waals surface area contributed by atoms with Crippen molar-refractivity contribution in [2.45, 2.75) is 98.9 Å². The van der Waals surface area contributed by atoms with Gasteiger partial charge in [-0.2, -0.15) is 45.1 Å². The smallest absolute Gasteiger partial charge is 0.294 e. The Bertz CT molecular complexity index is 8040. The molecule has 737 valence electrons. The number of fused-ring (bicyclic) bond motifs is 15. The van der Waals surface area contributed by atoms with Crippen molar-refractivity contribution < 1.29 is 83.9 Å². The maximum atomic E-state index is 10.0. The van der Waals surface area contributed by atoms with Crippen molar-refractivity contribution in [3.63, 3.8) is 0 Å². The third-order valence-electron chi connectivity index (χ3n) is 25.6. The van der Waals surface area contributed by atoms with E-state index in [1.165, 1.54) is 125 Å². The monoisotopic (exact) mass is 2460 g/mol. The minimum Gasteiger partial charge on any atom is -0.527 e. The molecule has 0 amide bonds. The minimum atomic E-state index is -0.125. The van der Waals surface area contributed by atoms with Crippen molar-refractivity contribution >= 4 is 88.5 Å². The van der Waals surface area contributed by atoms with Gasteiger partial charge in [0.1, 0.15) is 42.1 Å². The summed E-state index contributed by atoms with van der Waals surface area (Å²) in [5.41, 5.74) is 29.6. The third kappa shape index (κ3) is 23.6. The minimum absolute atomic E-state index is 0. The average molecular weight is 2460 g/mol. The zero-order chi connectivity index (χ0) is 99.1. The fourth-order valence-electron chi connectivity index (χ4n) is 18.8. The molecular weight excluding hydrogens is 2350 g/mol. The van der Waals surface area contributed by atoms with Crippen molar-refractivity contribution in [2.75, 3.05) is 22.2 Å². The maximum Gasteiger partial charge on any atom is 0.294 e. The molecule has 14 aromatic carbocycles. The van der Waals surface area contributed by atoms with E-state index in [0.717, 1.165) is 109 Å². The van der Waals surface area contributed by atoms with Crippen LogP contribution in [0.1, 0.15) is 106 Å². The first-order valence-electron chi connectivity index (χ1n) is 48.7. The summed E-state index contributed by atoms with van der Waals surface area (Å²) in [5, 5.41) is 29.4.